The summed E-state index contributed by atoms with van der Waals surface area (Å²) in [5.41, 5.74) is -1.56. The number of carbonyl (C=O) groups is 2. The van der Waals surface area contributed by atoms with Gasteiger partial charge < -0.3 is 14.9 Å². The number of aliphatic hydroxyl groups excluding tert-OH is 2. The number of Topliss-reactive ketones (excluding diaryl/α,β-unsaturated/α-hetero) is 2. The molecule has 0 aliphatic rings. The van der Waals surface area contributed by atoms with Crippen molar-refractivity contribution < 1.29 is 24.5 Å². The smallest absolute Gasteiger partial charge is 0.184 e. The Morgan fingerprint density at radius 1 is 0.419 bits per heavy atom. The molecule has 356 valence electrons. The molecule has 0 aromatic rings. The average molecular weight is 863 g/mol. The molecule has 0 aromatic carbocycles. The molecule has 1 atom stereocenters. The highest BCUT2D eigenvalue weighted by molar-refractivity contribution is 6.10. The molecular weight excluding hydrogens is 765 g/mol. The minimum Gasteiger partial charge on any atom is -0.394 e. The molecule has 2 N–H and O–H groups in total. The Hall–Kier alpha value is -2.60. The number of aliphatic hydroxyl groups is 2. The zero-order chi connectivity index (χ0) is 45.3. The van der Waals surface area contributed by atoms with Gasteiger partial charge in [-0.15, -0.1) is 0 Å². The summed E-state index contributed by atoms with van der Waals surface area (Å²) in [6.07, 6.45) is 64.9. The Bertz CT molecular complexity index is 1150. The van der Waals surface area contributed by atoms with E-state index in [0.29, 0.717) is 25.7 Å². The van der Waals surface area contributed by atoms with Crippen LogP contribution < -0.4 is 0 Å². The zero-order valence-corrected chi connectivity index (χ0v) is 40.7. The summed E-state index contributed by atoms with van der Waals surface area (Å²) in [5, 5.41) is 19.9. The first-order valence-electron chi connectivity index (χ1n) is 26.0. The Morgan fingerprint density at radius 2 is 0.710 bits per heavy atom. The van der Waals surface area contributed by atoms with Crippen molar-refractivity contribution in [3.8, 4) is 0 Å². The summed E-state index contributed by atoms with van der Waals surface area (Å²) in [5.74, 6) is -0.304. The van der Waals surface area contributed by atoms with E-state index in [4.69, 9.17) is 4.74 Å². The van der Waals surface area contributed by atoms with E-state index in [1.165, 1.54) is 77.0 Å². The highest BCUT2D eigenvalue weighted by atomic mass is 16.5. The third kappa shape index (κ3) is 37.9. The van der Waals surface area contributed by atoms with E-state index in [-0.39, 0.29) is 18.2 Å². The lowest BCUT2D eigenvalue weighted by Crippen LogP contribution is -2.50. The van der Waals surface area contributed by atoms with Crippen molar-refractivity contribution in [2.75, 3.05) is 13.2 Å². The van der Waals surface area contributed by atoms with Crippen LogP contribution in [0.25, 0.3) is 0 Å². The van der Waals surface area contributed by atoms with Crippen molar-refractivity contribution in [2.24, 2.45) is 0 Å². The second-order valence-electron chi connectivity index (χ2n) is 17.4. The number of unbranched alkanes of at least 4 members (excludes halogenated alkanes) is 21. The predicted molar refractivity (Wildman–Crippen MR) is 270 cm³/mol. The van der Waals surface area contributed by atoms with E-state index in [1.807, 2.05) is 0 Å². The van der Waals surface area contributed by atoms with Gasteiger partial charge >= 0.3 is 0 Å². The molecule has 62 heavy (non-hydrogen) atoms. The van der Waals surface area contributed by atoms with Gasteiger partial charge in [0.2, 0.25) is 0 Å². The third-order valence-electron chi connectivity index (χ3n) is 11.5. The quantitative estimate of drug-likeness (QED) is 0.0362. The van der Waals surface area contributed by atoms with Crippen molar-refractivity contribution in [3.05, 3.63) is 85.1 Å². The first-order chi connectivity index (χ1) is 30.5. The minimum atomic E-state index is -1.56. The molecule has 0 amide bonds. The van der Waals surface area contributed by atoms with Crippen LogP contribution in [0, 0.1) is 0 Å². The van der Waals surface area contributed by atoms with Crippen LogP contribution in [0.5, 0.6) is 0 Å². The number of carbonyl (C=O) groups excluding carboxylic acids is 2. The van der Waals surface area contributed by atoms with Crippen molar-refractivity contribution in [2.45, 2.75) is 251 Å². The van der Waals surface area contributed by atoms with Crippen molar-refractivity contribution >= 4 is 11.6 Å². The number of hydrogen-bond donors (Lipinski definition) is 2. The van der Waals surface area contributed by atoms with Gasteiger partial charge in [0.1, 0.15) is 6.10 Å². The summed E-state index contributed by atoms with van der Waals surface area (Å²) >= 11 is 0. The Balaban J connectivity index is 5.16. The largest absolute Gasteiger partial charge is 0.394 e. The number of ketones is 2. The number of allylic oxidation sites excluding steroid dienone is 14. The fraction of sp³-hybridized carbons (Fsp3) is 0.719. The third-order valence-corrected chi connectivity index (χ3v) is 11.5. The van der Waals surface area contributed by atoms with E-state index < -0.39 is 18.3 Å². The predicted octanol–water partition coefficient (Wildman–Crippen LogP) is 16.4. The van der Waals surface area contributed by atoms with Crippen LogP contribution in [0.2, 0.25) is 0 Å². The first-order valence-corrected chi connectivity index (χ1v) is 26.0. The van der Waals surface area contributed by atoms with E-state index in [0.717, 1.165) is 116 Å². The fourth-order valence-corrected chi connectivity index (χ4v) is 7.48. The maximum Gasteiger partial charge on any atom is 0.184 e. The number of hydrogen-bond acceptors (Lipinski definition) is 5. The van der Waals surface area contributed by atoms with Gasteiger partial charge in [0.25, 0.3) is 0 Å². The summed E-state index contributed by atoms with van der Waals surface area (Å²) in [6.45, 7) is 6.02. The lowest BCUT2D eigenvalue weighted by Gasteiger charge is -2.32. The van der Waals surface area contributed by atoms with Gasteiger partial charge in [0.15, 0.2) is 17.2 Å². The molecule has 0 saturated carbocycles. The van der Waals surface area contributed by atoms with E-state index >= 15 is 0 Å². The fourth-order valence-electron chi connectivity index (χ4n) is 7.48. The molecule has 5 nitrogen and oxygen atoms in total. The van der Waals surface area contributed by atoms with E-state index in [1.54, 1.807) is 0 Å². The van der Waals surface area contributed by atoms with Crippen LogP contribution in [0.15, 0.2) is 85.1 Å². The van der Waals surface area contributed by atoms with Crippen LogP contribution in [-0.4, -0.2) is 46.7 Å². The maximum absolute atomic E-state index is 14.1. The number of ether oxygens (including phenoxy) is 1. The van der Waals surface area contributed by atoms with Crippen LogP contribution in [0.1, 0.15) is 239 Å². The number of rotatable bonds is 47. The summed E-state index contributed by atoms with van der Waals surface area (Å²) in [4.78, 5) is 28.3. The topological polar surface area (TPSA) is 83.8 Å². The van der Waals surface area contributed by atoms with Gasteiger partial charge in [0, 0.05) is 12.8 Å². The van der Waals surface area contributed by atoms with Gasteiger partial charge in [-0.25, -0.2) is 0 Å². The highest BCUT2D eigenvalue weighted by Crippen LogP contribution is 2.29. The lowest BCUT2D eigenvalue weighted by atomic mass is 9.82. The second kappa shape index (κ2) is 47.9. The summed E-state index contributed by atoms with van der Waals surface area (Å²) in [7, 11) is 0. The normalized spacial score (nSPS) is 13.3. The van der Waals surface area contributed by atoms with Gasteiger partial charge in [-0.3, -0.25) is 9.59 Å². The molecule has 0 fully saturated rings. The van der Waals surface area contributed by atoms with Crippen LogP contribution >= 0.6 is 0 Å². The standard InChI is InChI=1S/C57H98O5/c1-4-7-10-13-16-19-22-25-28-31-34-37-40-43-46-49-55(60)57(62-53-54(59)52-58,51-48-45-42-39-36-33-30-27-24-21-18-15-12-9-6-3)56(61)50-47-44-41-38-35-32-29-26-23-20-17-14-11-8-5-2/h16-21,25-30,36,39,54,58-59H,4-15,22-24,31-35,37-38,40-53H2,1-3H3/b19-16-,20-17-,21-18-,28-25-,29-26-,30-27-,39-36-. The van der Waals surface area contributed by atoms with Crippen LogP contribution in [0.4, 0.5) is 0 Å². The van der Waals surface area contributed by atoms with Crippen LogP contribution in [0.3, 0.4) is 0 Å². The monoisotopic (exact) mass is 863 g/mol. The Morgan fingerprint density at radius 3 is 1.05 bits per heavy atom. The van der Waals surface area contributed by atoms with Crippen molar-refractivity contribution in [1.82, 2.24) is 0 Å². The first kappa shape index (κ1) is 59.4. The second-order valence-corrected chi connectivity index (χ2v) is 17.4. The molecule has 0 spiro atoms. The van der Waals surface area contributed by atoms with Gasteiger partial charge in [0.05, 0.1) is 13.2 Å². The Kier molecular flexibility index (Phi) is 45.9. The minimum absolute atomic E-state index is 0.152. The molecule has 0 heterocycles. The molecular formula is C57H98O5. The average Bonchev–Trinajstić information content (AvgIpc) is 3.28. The molecule has 0 aliphatic carbocycles. The van der Waals surface area contributed by atoms with Crippen LogP contribution in [-0.2, 0) is 14.3 Å². The Labute approximate surface area is 383 Å². The van der Waals surface area contributed by atoms with Gasteiger partial charge in [-0.1, -0.05) is 183 Å². The summed E-state index contributed by atoms with van der Waals surface area (Å²) in [6, 6.07) is 0. The lowest BCUT2D eigenvalue weighted by molar-refractivity contribution is -0.164. The molecule has 1 unspecified atom stereocenters. The molecule has 0 radical (unpaired) electrons. The molecule has 0 rings (SSSR count). The molecule has 0 saturated heterocycles. The van der Waals surface area contributed by atoms with Crippen molar-refractivity contribution in [3.63, 3.8) is 0 Å². The molecule has 5 heteroatoms. The molecule has 0 aliphatic heterocycles. The van der Waals surface area contributed by atoms with Crippen molar-refractivity contribution in [1.29, 1.82) is 0 Å². The van der Waals surface area contributed by atoms with E-state index in [9.17, 15) is 19.8 Å². The van der Waals surface area contributed by atoms with Gasteiger partial charge in [-0.05, 0) is 128 Å². The highest BCUT2D eigenvalue weighted by Gasteiger charge is 2.45. The van der Waals surface area contributed by atoms with Gasteiger partial charge in [-0.2, -0.15) is 0 Å². The SMILES string of the molecule is CCCCC/C=C\C/C=C\C/C=C\CCCCC(OCC(O)CO)(C(=O)CCCCCCC/C=C\C/C=C\CCCCC)C(=O)CCCCCCC/C=C\C/C=C\CCCCC. The maximum atomic E-state index is 14.1. The molecule has 0 aromatic heterocycles. The van der Waals surface area contributed by atoms with E-state index in [2.05, 4.69) is 106 Å². The molecule has 0 bridgehead atoms. The zero-order valence-electron chi connectivity index (χ0n) is 40.7. The summed E-state index contributed by atoms with van der Waals surface area (Å²) < 4.78 is 6.21.